The number of nitrogens with one attached hydrogen (secondary N) is 6. The molecule has 0 saturated carbocycles. The highest BCUT2D eigenvalue weighted by molar-refractivity contribution is 5.99. The van der Waals surface area contributed by atoms with Crippen molar-refractivity contribution in [1.82, 2.24) is 31.9 Å². The molecule has 220 valence electrons. The van der Waals surface area contributed by atoms with Crippen molar-refractivity contribution < 1.29 is 33.9 Å². The second kappa shape index (κ2) is 17.9. The van der Waals surface area contributed by atoms with E-state index >= 15 is 0 Å². The Morgan fingerprint density at radius 3 is 2.30 bits per heavy atom. The molecule has 14 nitrogen and oxygen atoms in total. The lowest BCUT2D eigenvalue weighted by Gasteiger charge is -2.23. The molecule has 0 aliphatic carbocycles. The molecule has 0 saturated heterocycles. The van der Waals surface area contributed by atoms with E-state index in [1.165, 1.54) is 12.3 Å². The summed E-state index contributed by atoms with van der Waals surface area (Å²) in [6.45, 7) is 4.87. The number of hydrogen-bond donors (Lipinski definition) is 8. The Morgan fingerprint density at radius 1 is 1.02 bits per heavy atom. The van der Waals surface area contributed by atoms with Gasteiger partial charge in [-0.1, -0.05) is 25.6 Å². The van der Waals surface area contributed by atoms with E-state index < -0.39 is 66.6 Å². The molecule has 1 aromatic rings. The Kier molecular flexibility index (Phi) is 15.1. The van der Waals surface area contributed by atoms with Gasteiger partial charge in [-0.2, -0.15) is 0 Å². The lowest BCUT2D eigenvalue weighted by atomic mass is 10.1. The van der Waals surface area contributed by atoms with Crippen molar-refractivity contribution in [3.05, 3.63) is 48.2 Å². The molecule has 0 fully saturated rings. The standard InChI is InChI=1S/C24H34N6O7.C2H5N/c1-3-16-24(37)30-17(8-5-9-25-2)22(35)27-13-19(31)28-18(11-20(32)33)23(36)26-12-14-6-4-7-15(10-14)21(34)29-16;1-2-3/h4,6-7,10,16-18,25H,3,5,8-9,11-13H2,1-2H3,(H,26,36)(H,27,35)(H,28,31)(H,29,34)(H,30,37)(H,32,33);2H,1,3H2. The molecule has 40 heavy (non-hydrogen) atoms. The SMILES string of the molecule is C=CN.CCC1NC(=O)c2cccc(c2)CNC(=O)C(CC(=O)O)NC(=O)CNC(=O)C(CCCNC)NC1=O. The molecule has 2 rings (SSSR count). The third-order valence-corrected chi connectivity index (χ3v) is 5.69. The van der Waals surface area contributed by atoms with E-state index in [0.717, 1.165) is 0 Å². The van der Waals surface area contributed by atoms with E-state index in [-0.39, 0.29) is 24.9 Å². The van der Waals surface area contributed by atoms with Gasteiger partial charge in [0, 0.05) is 12.1 Å². The molecule has 2 bridgehead atoms. The fourth-order valence-corrected chi connectivity index (χ4v) is 3.67. The highest BCUT2D eigenvalue weighted by atomic mass is 16.4. The topological polar surface area (TPSA) is 221 Å². The van der Waals surface area contributed by atoms with E-state index in [0.29, 0.717) is 18.5 Å². The van der Waals surface area contributed by atoms with Crippen LogP contribution in [-0.4, -0.2) is 78.9 Å². The van der Waals surface area contributed by atoms with E-state index in [1.807, 2.05) is 0 Å². The summed E-state index contributed by atoms with van der Waals surface area (Å²) in [7, 11) is 1.74. The molecule has 9 N–H and O–H groups in total. The quantitative estimate of drug-likeness (QED) is 0.181. The monoisotopic (exact) mass is 561 g/mol. The van der Waals surface area contributed by atoms with Crippen LogP contribution in [0.3, 0.4) is 0 Å². The molecule has 1 heterocycles. The number of hydrogen-bond acceptors (Lipinski definition) is 8. The third kappa shape index (κ3) is 11.9. The van der Waals surface area contributed by atoms with Crippen LogP contribution in [0.2, 0.25) is 0 Å². The van der Waals surface area contributed by atoms with Gasteiger partial charge < -0.3 is 42.7 Å². The number of aliphatic carboxylic acids is 1. The number of carbonyl (C=O) groups is 6. The zero-order valence-electron chi connectivity index (χ0n) is 22.7. The number of nitrogens with two attached hydrogens (primary N) is 1. The summed E-state index contributed by atoms with van der Waals surface area (Å²) in [5.41, 5.74) is 5.41. The van der Waals surface area contributed by atoms with Gasteiger partial charge in [-0.3, -0.25) is 28.8 Å². The Morgan fingerprint density at radius 2 is 1.68 bits per heavy atom. The first-order chi connectivity index (χ1) is 19.1. The molecular weight excluding hydrogens is 522 g/mol. The van der Waals surface area contributed by atoms with Crippen molar-refractivity contribution >= 4 is 35.5 Å². The van der Waals surface area contributed by atoms with Crippen LogP contribution in [-0.2, 0) is 30.5 Å². The van der Waals surface area contributed by atoms with Crippen LogP contribution >= 0.6 is 0 Å². The normalized spacial score (nSPS) is 20.6. The van der Waals surface area contributed by atoms with Crippen molar-refractivity contribution in [2.45, 2.75) is 57.3 Å². The predicted molar refractivity (Wildman–Crippen MR) is 147 cm³/mol. The molecule has 1 aromatic carbocycles. The maximum atomic E-state index is 12.9. The summed E-state index contributed by atoms with van der Waals surface area (Å²) < 4.78 is 0. The maximum Gasteiger partial charge on any atom is 0.305 e. The zero-order chi connectivity index (χ0) is 30.1. The van der Waals surface area contributed by atoms with Gasteiger partial charge in [-0.05, 0) is 56.8 Å². The fraction of sp³-hybridized carbons (Fsp3) is 0.462. The third-order valence-electron chi connectivity index (χ3n) is 5.69. The molecule has 1 aliphatic heterocycles. The van der Waals surface area contributed by atoms with Gasteiger partial charge in [0.1, 0.15) is 18.1 Å². The van der Waals surface area contributed by atoms with E-state index in [4.69, 9.17) is 5.11 Å². The molecule has 0 spiro atoms. The maximum absolute atomic E-state index is 12.9. The molecule has 3 unspecified atom stereocenters. The van der Waals surface area contributed by atoms with Gasteiger partial charge in [0.15, 0.2) is 0 Å². The molecule has 1 aliphatic rings. The van der Waals surface area contributed by atoms with Gasteiger partial charge in [-0.25, -0.2) is 0 Å². The molecule has 0 aromatic heterocycles. The number of benzene rings is 1. The number of rotatable bonds is 7. The minimum atomic E-state index is -1.39. The number of fused-ring (bicyclic) bond motifs is 2. The second-order valence-electron chi connectivity index (χ2n) is 8.83. The highest BCUT2D eigenvalue weighted by Gasteiger charge is 2.28. The summed E-state index contributed by atoms with van der Waals surface area (Å²) in [5, 5.41) is 24.7. The Labute approximate surface area is 232 Å². The van der Waals surface area contributed by atoms with Crippen LogP contribution in [0.5, 0.6) is 0 Å². The number of carboxylic acid groups (broad SMARTS) is 1. The highest BCUT2D eigenvalue weighted by Crippen LogP contribution is 2.08. The van der Waals surface area contributed by atoms with Crippen molar-refractivity contribution in [2.24, 2.45) is 5.73 Å². The van der Waals surface area contributed by atoms with E-state index in [9.17, 15) is 28.8 Å². The number of amides is 5. The lowest BCUT2D eigenvalue weighted by Crippen LogP contribution is -2.55. The van der Waals surface area contributed by atoms with Crippen LogP contribution in [0.15, 0.2) is 37.0 Å². The largest absolute Gasteiger partial charge is 0.481 e. The average Bonchev–Trinajstić information content (AvgIpc) is 2.92. The summed E-state index contributed by atoms with van der Waals surface area (Å²) in [6, 6.07) is 3.06. The number of carbonyl (C=O) groups excluding carboxylic acids is 5. The first-order valence-corrected chi connectivity index (χ1v) is 12.8. The van der Waals surface area contributed by atoms with Crippen molar-refractivity contribution in [1.29, 1.82) is 0 Å². The lowest BCUT2D eigenvalue weighted by molar-refractivity contribution is -0.140. The summed E-state index contributed by atoms with van der Waals surface area (Å²) in [5.74, 6) is -4.49. The second-order valence-corrected chi connectivity index (χ2v) is 8.83. The van der Waals surface area contributed by atoms with Gasteiger partial charge in [0.05, 0.1) is 13.0 Å². The number of carboxylic acids is 1. The molecular formula is C26H39N7O7. The van der Waals surface area contributed by atoms with Crippen LogP contribution in [0.25, 0.3) is 0 Å². The molecule has 5 amide bonds. The van der Waals surface area contributed by atoms with Crippen LogP contribution in [0.4, 0.5) is 0 Å². The predicted octanol–water partition coefficient (Wildman–Crippen LogP) is -1.53. The van der Waals surface area contributed by atoms with Crippen molar-refractivity contribution in [3.63, 3.8) is 0 Å². The Bertz CT molecular complexity index is 1060. The van der Waals surface area contributed by atoms with Crippen LogP contribution in [0.1, 0.15) is 48.5 Å². The minimum Gasteiger partial charge on any atom is -0.481 e. The Balaban J connectivity index is 0.00000254. The first-order valence-electron chi connectivity index (χ1n) is 12.8. The van der Waals surface area contributed by atoms with Crippen molar-refractivity contribution in [2.75, 3.05) is 20.1 Å². The smallest absolute Gasteiger partial charge is 0.305 e. The first kappa shape index (κ1) is 33.6. The van der Waals surface area contributed by atoms with Gasteiger partial charge in [0.25, 0.3) is 5.91 Å². The van der Waals surface area contributed by atoms with E-state index in [2.05, 4.69) is 44.2 Å². The Hall–Kier alpha value is -4.46. The molecule has 14 heteroatoms. The van der Waals surface area contributed by atoms with Crippen LogP contribution in [0, 0.1) is 0 Å². The fourth-order valence-electron chi connectivity index (χ4n) is 3.67. The van der Waals surface area contributed by atoms with Gasteiger partial charge in [-0.15, -0.1) is 0 Å². The average molecular weight is 562 g/mol. The summed E-state index contributed by atoms with van der Waals surface area (Å²) >= 11 is 0. The van der Waals surface area contributed by atoms with Gasteiger partial charge >= 0.3 is 5.97 Å². The van der Waals surface area contributed by atoms with E-state index in [1.54, 1.807) is 32.2 Å². The molecule has 0 radical (unpaired) electrons. The zero-order valence-corrected chi connectivity index (χ0v) is 22.7. The summed E-state index contributed by atoms with van der Waals surface area (Å²) in [6.07, 6.45) is 1.65. The van der Waals surface area contributed by atoms with Crippen molar-refractivity contribution in [3.8, 4) is 0 Å². The summed E-state index contributed by atoms with van der Waals surface area (Å²) in [4.78, 5) is 74.9. The van der Waals surface area contributed by atoms with Gasteiger partial charge in [0.2, 0.25) is 23.6 Å². The minimum absolute atomic E-state index is 0.0331. The van der Waals surface area contributed by atoms with Crippen LogP contribution < -0.4 is 37.6 Å². The molecule has 3 atom stereocenters.